The van der Waals surface area contributed by atoms with Crippen molar-refractivity contribution in [1.82, 2.24) is 0 Å². The lowest BCUT2D eigenvalue weighted by Gasteiger charge is -2.13. The fourth-order valence-electron chi connectivity index (χ4n) is 3.16. The van der Waals surface area contributed by atoms with Gasteiger partial charge in [0.1, 0.15) is 17.6 Å². The van der Waals surface area contributed by atoms with Crippen molar-refractivity contribution in [1.29, 1.82) is 0 Å². The molecular weight excluding hydrogens is 340 g/mol. The van der Waals surface area contributed by atoms with E-state index in [0.717, 1.165) is 28.3 Å². The highest BCUT2D eigenvalue weighted by Gasteiger charge is 2.13. The van der Waals surface area contributed by atoms with Gasteiger partial charge in [-0.05, 0) is 47.2 Å². The third-order valence-electron chi connectivity index (χ3n) is 4.68. The number of aliphatic hydroxyl groups is 2. The molecule has 27 heavy (non-hydrogen) atoms. The fraction of sp³-hybridized carbons (Fsp3) is 0.261. The molecule has 3 N–H and O–H groups in total. The minimum absolute atomic E-state index is 0.206. The second-order valence-electron chi connectivity index (χ2n) is 6.51. The third-order valence-corrected chi connectivity index (χ3v) is 4.68. The predicted molar refractivity (Wildman–Crippen MR) is 105 cm³/mol. The number of aromatic hydroxyl groups is 1. The van der Waals surface area contributed by atoms with Crippen LogP contribution < -0.4 is 0 Å². The molecule has 4 heteroatoms. The average Bonchev–Trinajstić information content (AvgIpc) is 3.22. The zero-order chi connectivity index (χ0) is 19.2. The smallest absolute Gasteiger partial charge is 0.132 e. The number of hydrogen-bond donors (Lipinski definition) is 3. The Bertz CT molecular complexity index is 950. The Labute approximate surface area is 158 Å². The Morgan fingerprint density at radius 2 is 1.81 bits per heavy atom. The molecule has 2 atom stereocenters. The second kappa shape index (κ2) is 8.74. The van der Waals surface area contributed by atoms with E-state index in [1.54, 1.807) is 36.6 Å². The van der Waals surface area contributed by atoms with Crippen LogP contribution in [-0.2, 0) is 0 Å². The number of aliphatic hydroxyl groups excluding tert-OH is 2. The molecule has 0 spiro atoms. The molecule has 0 bridgehead atoms. The van der Waals surface area contributed by atoms with Crippen molar-refractivity contribution < 1.29 is 19.7 Å². The Morgan fingerprint density at radius 3 is 2.52 bits per heavy atom. The van der Waals surface area contributed by atoms with E-state index in [1.165, 1.54) is 0 Å². The van der Waals surface area contributed by atoms with Crippen molar-refractivity contribution in [3.8, 4) is 5.75 Å². The summed E-state index contributed by atoms with van der Waals surface area (Å²) in [5.74, 6) is 0.746. The maximum absolute atomic E-state index is 10.6. The molecule has 0 fully saturated rings. The topological polar surface area (TPSA) is 73.8 Å². The van der Waals surface area contributed by atoms with Crippen LogP contribution in [0.4, 0.5) is 0 Å². The van der Waals surface area contributed by atoms with E-state index in [-0.39, 0.29) is 5.75 Å². The van der Waals surface area contributed by atoms with Crippen LogP contribution in [0.5, 0.6) is 5.75 Å². The van der Waals surface area contributed by atoms with E-state index in [1.807, 2.05) is 31.2 Å². The van der Waals surface area contributed by atoms with Crippen molar-refractivity contribution in [2.75, 3.05) is 0 Å². The molecule has 3 aromatic rings. The van der Waals surface area contributed by atoms with E-state index >= 15 is 0 Å². The van der Waals surface area contributed by atoms with Gasteiger partial charge >= 0.3 is 0 Å². The zero-order valence-corrected chi connectivity index (χ0v) is 15.3. The summed E-state index contributed by atoms with van der Waals surface area (Å²) in [6, 6.07) is 14.3. The van der Waals surface area contributed by atoms with Crippen molar-refractivity contribution >= 4 is 10.8 Å². The normalized spacial score (nSPS) is 13.1. The minimum atomic E-state index is -0.698. The van der Waals surface area contributed by atoms with Gasteiger partial charge in [-0.15, -0.1) is 5.73 Å². The van der Waals surface area contributed by atoms with Crippen molar-refractivity contribution in [3.63, 3.8) is 0 Å². The van der Waals surface area contributed by atoms with Crippen LogP contribution in [0.3, 0.4) is 0 Å². The SMILES string of the molecule is CCC(=C=CC[C@@H](O)c1ccc(O)c2ccccc12)C[C@@H](O)c1ccco1. The van der Waals surface area contributed by atoms with Crippen LogP contribution in [0.2, 0.25) is 0 Å². The summed E-state index contributed by atoms with van der Waals surface area (Å²) < 4.78 is 5.23. The second-order valence-corrected chi connectivity index (χ2v) is 6.51. The van der Waals surface area contributed by atoms with Gasteiger partial charge in [-0.25, -0.2) is 0 Å². The zero-order valence-electron chi connectivity index (χ0n) is 15.3. The van der Waals surface area contributed by atoms with Gasteiger partial charge in [0, 0.05) is 18.2 Å². The minimum Gasteiger partial charge on any atom is -0.507 e. The lowest BCUT2D eigenvalue weighted by molar-refractivity contribution is 0.149. The van der Waals surface area contributed by atoms with Crippen LogP contribution in [0.15, 0.2) is 76.6 Å². The lowest BCUT2D eigenvalue weighted by atomic mass is 9.98. The van der Waals surface area contributed by atoms with E-state index < -0.39 is 12.2 Å². The molecule has 0 radical (unpaired) electrons. The summed E-state index contributed by atoms with van der Waals surface area (Å²) in [7, 11) is 0. The van der Waals surface area contributed by atoms with E-state index in [0.29, 0.717) is 18.6 Å². The Kier molecular flexibility index (Phi) is 6.15. The monoisotopic (exact) mass is 364 g/mol. The van der Waals surface area contributed by atoms with Crippen molar-refractivity contribution in [2.24, 2.45) is 0 Å². The molecular formula is C23H24O4. The quantitative estimate of drug-likeness (QED) is 0.505. The Balaban J connectivity index is 1.74. The van der Waals surface area contributed by atoms with Crippen LogP contribution in [0.25, 0.3) is 10.8 Å². The summed E-state index contributed by atoms with van der Waals surface area (Å²) in [6.45, 7) is 2.01. The van der Waals surface area contributed by atoms with Crippen LogP contribution in [0, 0.1) is 0 Å². The average molecular weight is 364 g/mol. The number of furan rings is 1. The summed E-state index contributed by atoms with van der Waals surface area (Å²) in [5.41, 5.74) is 4.94. The number of hydrogen-bond acceptors (Lipinski definition) is 4. The molecule has 0 amide bonds. The largest absolute Gasteiger partial charge is 0.507 e. The van der Waals surface area contributed by atoms with Gasteiger partial charge in [-0.1, -0.05) is 37.3 Å². The molecule has 0 unspecified atom stereocenters. The van der Waals surface area contributed by atoms with Crippen LogP contribution >= 0.6 is 0 Å². The van der Waals surface area contributed by atoms with Crippen molar-refractivity contribution in [2.45, 2.75) is 38.4 Å². The standard InChI is InChI=1S/C23H24O4/c1-2-16(15-22(26)23-11-6-14-27-23)7-5-10-20(24)19-12-13-21(25)18-9-4-3-8-17(18)19/h3-6,8-9,11-14,20,22,24-26H,2,10,15H2,1H3/t7?,20-,22-/m1/s1. The Morgan fingerprint density at radius 1 is 1.04 bits per heavy atom. The maximum Gasteiger partial charge on any atom is 0.132 e. The molecule has 0 saturated heterocycles. The van der Waals surface area contributed by atoms with Gasteiger partial charge in [-0.2, -0.15) is 0 Å². The predicted octanol–water partition coefficient (Wildman–Crippen LogP) is 5.18. The maximum atomic E-state index is 10.6. The van der Waals surface area contributed by atoms with Gasteiger partial charge in [0.25, 0.3) is 0 Å². The van der Waals surface area contributed by atoms with Gasteiger partial charge in [-0.3, -0.25) is 0 Å². The molecule has 1 aromatic heterocycles. The first-order valence-electron chi connectivity index (χ1n) is 9.13. The molecule has 0 aliphatic heterocycles. The van der Waals surface area contributed by atoms with E-state index in [2.05, 4.69) is 5.73 Å². The summed E-state index contributed by atoms with van der Waals surface area (Å²) in [6.07, 6.45) is 3.56. The molecule has 0 aliphatic rings. The number of phenolic OH excluding ortho intramolecular Hbond substituents is 1. The summed E-state index contributed by atoms with van der Waals surface area (Å²) >= 11 is 0. The van der Waals surface area contributed by atoms with Gasteiger partial charge in [0.2, 0.25) is 0 Å². The first-order chi connectivity index (χ1) is 13.1. The number of benzene rings is 2. The molecule has 0 aliphatic carbocycles. The molecule has 2 aromatic carbocycles. The third kappa shape index (κ3) is 4.50. The number of phenols is 1. The van der Waals surface area contributed by atoms with Crippen LogP contribution in [0.1, 0.15) is 49.7 Å². The molecule has 0 saturated carbocycles. The highest BCUT2D eigenvalue weighted by molar-refractivity contribution is 5.91. The number of fused-ring (bicyclic) bond motifs is 1. The molecule has 3 rings (SSSR count). The van der Waals surface area contributed by atoms with E-state index in [4.69, 9.17) is 4.42 Å². The summed E-state index contributed by atoms with van der Waals surface area (Å²) in [5, 5.41) is 32.4. The molecule has 140 valence electrons. The highest BCUT2D eigenvalue weighted by atomic mass is 16.4. The highest BCUT2D eigenvalue weighted by Crippen LogP contribution is 2.32. The summed E-state index contributed by atoms with van der Waals surface area (Å²) in [4.78, 5) is 0. The fourth-order valence-corrected chi connectivity index (χ4v) is 3.16. The van der Waals surface area contributed by atoms with Gasteiger partial charge in [0.15, 0.2) is 0 Å². The van der Waals surface area contributed by atoms with Crippen molar-refractivity contribution in [3.05, 3.63) is 83.5 Å². The molecule has 1 heterocycles. The van der Waals surface area contributed by atoms with Crippen LogP contribution in [-0.4, -0.2) is 15.3 Å². The van der Waals surface area contributed by atoms with Gasteiger partial charge in [0.05, 0.1) is 12.4 Å². The van der Waals surface area contributed by atoms with E-state index in [9.17, 15) is 15.3 Å². The lowest BCUT2D eigenvalue weighted by Crippen LogP contribution is -1.98. The molecule has 4 nitrogen and oxygen atoms in total. The Hall–Kier alpha value is -2.78. The van der Waals surface area contributed by atoms with Gasteiger partial charge < -0.3 is 19.7 Å². The number of rotatable bonds is 7. The first-order valence-corrected chi connectivity index (χ1v) is 9.13. The first kappa shape index (κ1) is 19.0.